The second-order valence-electron chi connectivity index (χ2n) is 8.41. The fourth-order valence-corrected chi connectivity index (χ4v) is 3.63. The molecule has 2 atom stereocenters. The number of hydrogen-bond acceptors (Lipinski definition) is 7. The summed E-state index contributed by atoms with van der Waals surface area (Å²) in [6, 6.07) is 15.7. The SMILES string of the molecule is CC(C)n1cnc2c(NCc3ccc(-c4ccccn4)cc3)cc(N[C@H](CO)[C@@H](C)O)nc21. The minimum atomic E-state index is -0.725. The number of pyridine rings is 2. The summed E-state index contributed by atoms with van der Waals surface area (Å²) < 4.78 is 2.00. The van der Waals surface area contributed by atoms with Crippen molar-refractivity contribution in [3.8, 4) is 11.3 Å². The molecule has 0 saturated carbocycles. The number of imidazole rings is 1. The molecule has 8 heteroatoms. The molecule has 0 aliphatic heterocycles. The Labute approximate surface area is 193 Å². The van der Waals surface area contributed by atoms with Gasteiger partial charge < -0.3 is 25.4 Å². The molecule has 0 bridgehead atoms. The second kappa shape index (κ2) is 9.97. The van der Waals surface area contributed by atoms with Gasteiger partial charge in [-0.3, -0.25) is 4.98 Å². The molecule has 0 spiro atoms. The number of benzene rings is 1. The van der Waals surface area contributed by atoms with Gasteiger partial charge in [-0.2, -0.15) is 0 Å². The molecule has 0 unspecified atom stereocenters. The van der Waals surface area contributed by atoms with Crippen LogP contribution in [0.4, 0.5) is 11.5 Å². The zero-order chi connectivity index (χ0) is 23.4. The summed E-state index contributed by atoms with van der Waals surface area (Å²) in [7, 11) is 0. The number of nitrogens with zero attached hydrogens (tertiary/aromatic N) is 4. The van der Waals surface area contributed by atoms with E-state index in [1.165, 1.54) is 0 Å². The summed E-state index contributed by atoms with van der Waals surface area (Å²) in [5, 5.41) is 26.2. The van der Waals surface area contributed by atoms with Crippen LogP contribution in [0.1, 0.15) is 32.4 Å². The highest BCUT2D eigenvalue weighted by molar-refractivity contribution is 5.88. The Morgan fingerprint density at radius 3 is 2.45 bits per heavy atom. The third kappa shape index (κ3) is 5.13. The third-order valence-corrected chi connectivity index (χ3v) is 5.60. The molecule has 4 aromatic rings. The number of aromatic nitrogens is 4. The van der Waals surface area contributed by atoms with Crippen LogP contribution < -0.4 is 10.6 Å². The van der Waals surface area contributed by atoms with Crippen molar-refractivity contribution in [3.63, 3.8) is 0 Å². The van der Waals surface area contributed by atoms with E-state index in [0.29, 0.717) is 12.4 Å². The van der Waals surface area contributed by atoms with E-state index >= 15 is 0 Å². The van der Waals surface area contributed by atoms with E-state index in [-0.39, 0.29) is 12.6 Å². The fourth-order valence-electron chi connectivity index (χ4n) is 3.63. The van der Waals surface area contributed by atoms with E-state index in [1.54, 1.807) is 19.4 Å². The molecule has 1 aromatic carbocycles. The summed E-state index contributed by atoms with van der Waals surface area (Å²) in [4.78, 5) is 13.7. The zero-order valence-corrected chi connectivity index (χ0v) is 19.1. The largest absolute Gasteiger partial charge is 0.394 e. The minimum absolute atomic E-state index is 0.190. The second-order valence-corrected chi connectivity index (χ2v) is 8.41. The van der Waals surface area contributed by atoms with Gasteiger partial charge in [0.2, 0.25) is 0 Å². The zero-order valence-electron chi connectivity index (χ0n) is 19.1. The van der Waals surface area contributed by atoms with Crippen molar-refractivity contribution in [1.82, 2.24) is 19.5 Å². The first-order valence-electron chi connectivity index (χ1n) is 11.1. The molecular formula is C25H30N6O2. The molecule has 172 valence electrons. The summed E-state index contributed by atoms with van der Waals surface area (Å²) in [6.45, 7) is 6.19. The van der Waals surface area contributed by atoms with Gasteiger partial charge >= 0.3 is 0 Å². The topological polar surface area (TPSA) is 108 Å². The highest BCUT2D eigenvalue weighted by Crippen LogP contribution is 2.27. The van der Waals surface area contributed by atoms with Crippen LogP contribution in [0, 0.1) is 0 Å². The summed E-state index contributed by atoms with van der Waals surface area (Å²) in [5.41, 5.74) is 5.48. The average Bonchev–Trinajstić information content (AvgIpc) is 3.26. The average molecular weight is 447 g/mol. The van der Waals surface area contributed by atoms with Gasteiger partial charge in [-0.25, -0.2) is 9.97 Å². The molecule has 4 N–H and O–H groups in total. The van der Waals surface area contributed by atoms with Crippen molar-refractivity contribution in [2.75, 3.05) is 17.2 Å². The molecule has 0 saturated heterocycles. The predicted molar refractivity (Wildman–Crippen MR) is 131 cm³/mol. The lowest BCUT2D eigenvalue weighted by Gasteiger charge is -2.20. The molecule has 3 aromatic heterocycles. The van der Waals surface area contributed by atoms with Crippen molar-refractivity contribution in [1.29, 1.82) is 0 Å². The number of nitrogens with one attached hydrogen (secondary N) is 2. The number of aliphatic hydroxyl groups is 2. The first-order chi connectivity index (χ1) is 16.0. The molecule has 0 amide bonds. The fraction of sp³-hybridized carbons (Fsp3) is 0.320. The van der Waals surface area contributed by atoms with Gasteiger partial charge in [0.15, 0.2) is 5.65 Å². The molecule has 0 aliphatic rings. The maximum atomic E-state index is 9.93. The Balaban J connectivity index is 1.59. The van der Waals surface area contributed by atoms with Gasteiger partial charge in [0, 0.05) is 30.4 Å². The Kier molecular flexibility index (Phi) is 6.86. The first kappa shape index (κ1) is 22.7. The summed E-state index contributed by atoms with van der Waals surface area (Å²) in [6.07, 6.45) is 2.86. The first-order valence-corrected chi connectivity index (χ1v) is 11.1. The maximum absolute atomic E-state index is 9.93. The van der Waals surface area contributed by atoms with Gasteiger partial charge in [0.1, 0.15) is 11.3 Å². The minimum Gasteiger partial charge on any atom is -0.394 e. The molecule has 8 nitrogen and oxygen atoms in total. The van der Waals surface area contributed by atoms with E-state index < -0.39 is 12.1 Å². The van der Waals surface area contributed by atoms with Gasteiger partial charge in [0.05, 0.1) is 36.5 Å². The van der Waals surface area contributed by atoms with E-state index in [1.807, 2.05) is 28.8 Å². The van der Waals surface area contributed by atoms with E-state index in [9.17, 15) is 10.2 Å². The Morgan fingerprint density at radius 1 is 1.03 bits per heavy atom. The van der Waals surface area contributed by atoms with Crippen LogP contribution in [0.25, 0.3) is 22.4 Å². The lowest BCUT2D eigenvalue weighted by atomic mass is 10.1. The van der Waals surface area contributed by atoms with Crippen molar-refractivity contribution in [2.45, 2.75) is 45.5 Å². The number of aliphatic hydroxyl groups excluding tert-OH is 2. The van der Waals surface area contributed by atoms with Crippen LogP contribution in [-0.2, 0) is 6.54 Å². The third-order valence-electron chi connectivity index (χ3n) is 5.60. The highest BCUT2D eigenvalue weighted by atomic mass is 16.3. The molecule has 3 heterocycles. The molecule has 4 rings (SSSR count). The molecule has 33 heavy (non-hydrogen) atoms. The number of rotatable bonds is 9. The van der Waals surface area contributed by atoms with Crippen molar-refractivity contribution >= 4 is 22.7 Å². The van der Waals surface area contributed by atoms with Crippen LogP contribution >= 0.6 is 0 Å². The van der Waals surface area contributed by atoms with E-state index in [4.69, 9.17) is 4.98 Å². The monoisotopic (exact) mass is 446 g/mol. The van der Waals surface area contributed by atoms with Crippen LogP contribution in [0.15, 0.2) is 61.1 Å². The molecule has 0 aliphatic carbocycles. The van der Waals surface area contributed by atoms with E-state index in [0.717, 1.165) is 33.7 Å². The molecule has 0 fully saturated rings. The van der Waals surface area contributed by atoms with Gasteiger partial charge in [-0.05, 0) is 38.5 Å². The molecule has 0 radical (unpaired) electrons. The van der Waals surface area contributed by atoms with Crippen molar-refractivity contribution in [3.05, 3.63) is 66.6 Å². The number of anilines is 2. The Morgan fingerprint density at radius 2 is 1.82 bits per heavy atom. The smallest absolute Gasteiger partial charge is 0.164 e. The quantitative estimate of drug-likeness (QED) is 0.309. The van der Waals surface area contributed by atoms with Gasteiger partial charge in [-0.15, -0.1) is 0 Å². The van der Waals surface area contributed by atoms with Crippen LogP contribution in [0.2, 0.25) is 0 Å². The normalized spacial score (nSPS) is 13.3. The van der Waals surface area contributed by atoms with Gasteiger partial charge in [-0.1, -0.05) is 30.3 Å². The number of hydrogen-bond donors (Lipinski definition) is 4. The van der Waals surface area contributed by atoms with Gasteiger partial charge in [0.25, 0.3) is 0 Å². The lowest BCUT2D eigenvalue weighted by Crippen LogP contribution is -2.35. The van der Waals surface area contributed by atoms with Crippen LogP contribution in [-0.4, -0.2) is 48.5 Å². The van der Waals surface area contributed by atoms with Crippen LogP contribution in [0.5, 0.6) is 0 Å². The maximum Gasteiger partial charge on any atom is 0.164 e. The summed E-state index contributed by atoms with van der Waals surface area (Å²) in [5.74, 6) is 0.567. The molecular weight excluding hydrogens is 416 g/mol. The summed E-state index contributed by atoms with van der Waals surface area (Å²) >= 11 is 0. The van der Waals surface area contributed by atoms with Crippen molar-refractivity contribution < 1.29 is 10.2 Å². The Bertz CT molecular complexity index is 1190. The van der Waals surface area contributed by atoms with Crippen molar-refractivity contribution in [2.24, 2.45) is 0 Å². The van der Waals surface area contributed by atoms with E-state index in [2.05, 4.69) is 58.7 Å². The predicted octanol–water partition coefficient (Wildman–Crippen LogP) is 3.84. The standard InChI is InChI=1S/C25H30N6O2/c1-16(2)31-15-28-24-21(12-23(30-25(24)31)29-22(14-32)17(3)33)27-13-18-7-9-19(10-8-18)20-6-4-5-11-26-20/h4-12,15-17,22,32-33H,13-14H2,1-3H3,(H2,27,29,30)/t17-,22-/m1/s1. The van der Waals surface area contributed by atoms with Crippen LogP contribution in [0.3, 0.4) is 0 Å². The Hall–Kier alpha value is -3.49. The highest BCUT2D eigenvalue weighted by Gasteiger charge is 2.18. The lowest BCUT2D eigenvalue weighted by molar-refractivity contribution is 0.132. The number of fused-ring (bicyclic) bond motifs is 1.